The van der Waals surface area contributed by atoms with E-state index >= 15 is 0 Å². The highest BCUT2D eigenvalue weighted by Gasteiger charge is 2.23. The van der Waals surface area contributed by atoms with E-state index in [-0.39, 0.29) is 35.7 Å². The van der Waals surface area contributed by atoms with Crippen LogP contribution in [0.25, 0.3) is 0 Å². The van der Waals surface area contributed by atoms with Gasteiger partial charge in [-0.2, -0.15) is 0 Å². The molecule has 3 rings (SSSR count). The van der Waals surface area contributed by atoms with Gasteiger partial charge in [0, 0.05) is 29.6 Å². The fraction of sp³-hybridized carbons (Fsp3) is 0.393. The van der Waals surface area contributed by atoms with E-state index in [2.05, 4.69) is 27.6 Å². The first kappa shape index (κ1) is 30.7. The Bertz CT molecular complexity index is 1040. The van der Waals surface area contributed by atoms with E-state index in [1.165, 1.54) is 26.1 Å². The summed E-state index contributed by atoms with van der Waals surface area (Å²) in [6, 6.07) is 6.96. The normalized spacial score (nSPS) is 17.9. The molecule has 7 nitrogen and oxygen atoms in total. The van der Waals surface area contributed by atoms with Crippen LogP contribution in [0.2, 0.25) is 0 Å². The quantitative estimate of drug-likeness (QED) is 0.391. The van der Waals surface area contributed by atoms with E-state index < -0.39 is 5.83 Å². The molecule has 2 aromatic heterocycles. The van der Waals surface area contributed by atoms with Crippen molar-refractivity contribution in [2.75, 3.05) is 12.4 Å². The van der Waals surface area contributed by atoms with Gasteiger partial charge < -0.3 is 21.9 Å². The number of pyridine rings is 2. The number of carbonyl (C=O) groups excluding carboxylic acids is 1. The van der Waals surface area contributed by atoms with Gasteiger partial charge in [0.25, 0.3) is 5.91 Å². The van der Waals surface area contributed by atoms with Gasteiger partial charge in [-0.1, -0.05) is 32.6 Å². The van der Waals surface area contributed by atoms with Crippen LogP contribution in [-0.4, -0.2) is 34.1 Å². The topological polar surface area (TPSA) is 127 Å². The Hall–Kier alpha value is -3.36. The molecule has 1 fully saturated rings. The molecule has 8 heteroatoms. The third-order valence-corrected chi connectivity index (χ3v) is 5.70. The van der Waals surface area contributed by atoms with Crippen LogP contribution in [0, 0.1) is 0 Å². The number of aliphatic hydroxyl groups excluding tert-OH is 1. The summed E-state index contributed by atoms with van der Waals surface area (Å²) in [4.78, 5) is 21.5. The zero-order chi connectivity index (χ0) is 27.1. The van der Waals surface area contributed by atoms with Crippen LogP contribution < -0.4 is 16.8 Å². The predicted octanol–water partition coefficient (Wildman–Crippen LogP) is 5.16. The summed E-state index contributed by atoms with van der Waals surface area (Å²) >= 11 is 0. The van der Waals surface area contributed by atoms with E-state index in [4.69, 9.17) is 5.73 Å². The monoisotopic (exact) mass is 497 g/mol. The lowest BCUT2D eigenvalue weighted by Crippen LogP contribution is -2.20. The summed E-state index contributed by atoms with van der Waals surface area (Å²) < 4.78 is 14.0. The second kappa shape index (κ2) is 16.3. The average molecular weight is 498 g/mol. The van der Waals surface area contributed by atoms with Gasteiger partial charge in [-0.3, -0.25) is 9.78 Å². The summed E-state index contributed by atoms with van der Waals surface area (Å²) in [5.74, 6) is -0.514. The third kappa shape index (κ3) is 9.02. The van der Waals surface area contributed by atoms with Gasteiger partial charge in [0.1, 0.15) is 11.5 Å². The van der Waals surface area contributed by atoms with E-state index in [1.54, 1.807) is 30.6 Å². The molecular weight excluding hydrogens is 457 g/mol. The summed E-state index contributed by atoms with van der Waals surface area (Å²) in [5, 5.41) is 12.7. The predicted molar refractivity (Wildman–Crippen MR) is 145 cm³/mol. The smallest absolute Gasteiger partial charge is 0.274 e. The molecule has 6 N–H and O–H groups in total. The number of nitrogens with one attached hydrogen (secondary N) is 1. The minimum Gasteiger partial charge on any atom is -0.398 e. The van der Waals surface area contributed by atoms with Gasteiger partial charge in [-0.15, -0.1) is 0 Å². The van der Waals surface area contributed by atoms with Crippen LogP contribution in [0.3, 0.4) is 0 Å². The number of anilines is 1. The summed E-state index contributed by atoms with van der Waals surface area (Å²) in [7, 11) is 1.50. The van der Waals surface area contributed by atoms with Crippen LogP contribution >= 0.6 is 0 Å². The Morgan fingerprint density at radius 3 is 2.50 bits per heavy atom. The van der Waals surface area contributed by atoms with Crippen molar-refractivity contribution < 1.29 is 14.3 Å². The first-order valence-electron chi connectivity index (χ1n) is 12.3. The zero-order valence-electron chi connectivity index (χ0n) is 21.8. The molecule has 0 spiro atoms. The van der Waals surface area contributed by atoms with Crippen molar-refractivity contribution in [2.24, 2.45) is 11.5 Å². The number of nitrogens with two attached hydrogens (primary N) is 2. The molecule has 0 unspecified atom stereocenters. The van der Waals surface area contributed by atoms with Crippen LogP contribution in [0.4, 0.5) is 10.1 Å². The fourth-order valence-corrected chi connectivity index (χ4v) is 3.97. The Morgan fingerprint density at radius 2 is 1.89 bits per heavy atom. The molecule has 0 aromatic carbocycles. The molecule has 2 heterocycles. The number of aliphatic hydroxyl groups is 1. The van der Waals surface area contributed by atoms with Crippen molar-refractivity contribution in [1.29, 1.82) is 0 Å². The number of nitrogens with zero attached hydrogens (tertiary/aromatic N) is 2. The molecule has 36 heavy (non-hydrogen) atoms. The van der Waals surface area contributed by atoms with E-state index in [1.807, 2.05) is 19.9 Å². The molecule has 2 aromatic rings. The number of aromatic nitrogens is 2. The highest BCUT2D eigenvalue weighted by atomic mass is 19.1. The van der Waals surface area contributed by atoms with Gasteiger partial charge in [0.05, 0.1) is 18.0 Å². The molecule has 0 atom stereocenters. The van der Waals surface area contributed by atoms with Gasteiger partial charge in [0.15, 0.2) is 0 Å². The highest BCUT2D eigenvalue weighted by molar-refractivity contribution is 6.03. The van der Waals surface area contributed by atoms with Crippen molar-refractivity contribution in [1.82, 2.24) is 9.97 Å². The van der Waals surface area contributed by atoms with E-state index in [9.17, 15) is 14.3 Å². The number of halogens is 1. The van der Waals surface area contributed by atoms with Crippen molar-refractivity contribution in [3.63, 3.8) is 0 Å². The highest BCUT2D eigenvalue weighted by Crippen LogP contribution is 2.36. The molecule has 0 bridgehead atoms. The van der Waals surface area contributed by atoms with Gasteiger partial charge in [-0.05, 0) is 75.4 Å². The van der Waals surface area contributed by atoms with Gasteiger partial charge in [0.2, 0.25) is 0 Å². The minimum atomic E-state index is -0.408. The molecule has 1 saturated carbocycles. The number of hydrogen-bond acceptors (Lipinski definition) is 6. The summed E-state index contributed by atoms with van der Waals surface area (Å²) in [5.41, 5.74) is 13.4. The molecular formula is C28H40FN5O2. The van der Waals surface area contributed by atoms with E-state index in [0.29, 0.717) is 17.0 Å². The van der Waals surface area contributed by atoms with Gasteiger partial charge >= 0.3 is 0 Å². The Labute approximate surface area is 214 Å². The Morgan fingerprint density at radius 1 is 1.22 bits per heavy atom. The number of carbonyl (C=O) groups is 1. The zero-order valence-corrected chi connectivity index (χ0v) is 21.8. The maximum Gasteiger partial charge on any atom is 0.274 e. The van der Waals surface area contributed by atoms with Crippen molar-refractivity contribution >= 4 is 11.6 Å². The molecule has 1 aliphatic rings. The first-order valence-corrected chi connectivity index (χ1v) is 12.3. The lowest BCUT2D eigenvalue weighted by Gasteiger charge is -2.27. The largest absolute Gasteiger partial charge is 0.398 e. The standard InChI is InChI=1S/C25H29FN4O2.C2H6.CH5N/c1-3-5-22(27)21(16(2)26)14-18-6-4-7-23(29-18)25(32)30-24-15-28-13-12-20(24)17-8-10-19(31)11-9-17;2*1-2/h3-7,12-13,15,17,19,31H,1,8-11,14,27H2,2H3,(H,30,32);1-2H3;2H2,1H3/b21-16+,22-5+;;. The second-order valence-corrected chi connectivity index (χ2v) is 7.98. The molecule has 196 valence electrons. The maximum absolute atomic E-state index is 14.0. The lowest BCUT2D eigenvalue weighted by atomic mass is 9.82. The average Bonchev–Trinajstić information content (AvgIpc) is 2.90. The van der Waals surface area contributed by atoms with Crippen molar-refractivity contribution in [2.45, 2.75) is 64.9 Å². The first-order chi connectivity index (χ1) is 17.4. The summed E-state index contributed by atoms with van der Waals surface area (Å²) in [6.07, 6.45) is 9.49. The fourth-order valence-electron chi connectivity index (χ4n) is 3.97. The number of allylic oxidation sites excluding steroid dienone is 4. The SMILES string of the molecule is C=C/C=C(N)\C(Cc1cccc(C(=O)Nc2cnccc2C2CCC(O)CC2)n1)=C(/C)F.CC.CN. The molecule has 0 aliphatic heterocycles. The van der Waals surface area contributed by atoms with Crippen LogP contribution in [-0.2, 0) is 6.42 Å². The Balaban J connectivity index is 0.00000154. The van der Waals surface area contributed by atoms with Crippen molar-refractivity contribution in [3.8, 4) is 0 Å². The second-order valence-electron chi connectivity index (χ2n) is 7.98. The number of amides is 1. The molecule has 0 saturated heterocycles. The molecule has 1 aliphatic carbocycles. The number of rotatable bonds is 7. The van der Waals surface area contributed by atoms with Crippen LogP contribution in [0.15, 0.2) is 72.5 Å². The van der Waals surface area contributed by atoms with Crippen LogP contribution in [0.1, 0.15) is 74.1 Å². The maximum atomic E-state index is 14.0. The lowest BCUT2D eigenvalue weighted by molar-refractivity contribution is 0.102. The number of hydrogen-bond donors (Lipinski definition) is 4. The minimum absolute atomic E-state index is 0.155. The van der Waals surface area contributed by atoms with E-state index in [0.717, 1.165) is 31.2 Å². The Kier molecular flexibility index (Phi) is 13.9. The van der Waals surface area contributed by atoms with Gasteiger partial charge in [-0.25, -0.2) is 9.37 Å². The molecule has 0 radical (unpaired) electrons. The van der Waals surface area contributed by atoms with Crippen molar-refractivity contribution in [3.05, 3.63) is 89.4 Å². The van der Waals surface area contributed by atoms with Crippen LogP contribution in [0.5, 0.6) is 0 Å². The summed E-state index contributed by atoms with van der Waals surface area (Å²) in [6.45, 7) is 8.92. The third-order valence-electron chi connectivity index (χ3n) is 5.70. The molecule has 1 amide bonds.